The Kier molecular flexibility index (Phi) is 6.07. The first-order valence-electron chi connectivity index (χ1n) is 7.97. The molecule has 1 aromatic carbocycles. The molecular formula is C17H19ClN4OS. The molecule has 2 heterocycles. The smallest absolute Gasteiger partial charge is 0.271 e. The van der Waals surface area contributed by atoms with Gasteiger partial charge < -0.3 is 10.6 Å². The third-order valence-corrected chi connectivity index (χ3v) is 5.37. The van der Waals surface area contributed by atoms with Crippen LogP contribution in [0.2, 0.25) is 5.02 Å². The summed E-state index contributed by atoms with van der Waals surface area (Å²) >= 11 is 7.55. The van der Waals surface area contributed by atoms with E-state index in [2.05, 4.69) is 20.8 Å². The number of rotatable bonds is 6. The van der Waals surface area contributed by atoms with Gasteiger partial charge in [0.2, 0.25) is 0 Å². The lowest BCUT2D eigenvalue weighted by Crippen LogP contribution is -2.27. The maximum atomic E-state index is 12.1. The van der Waals surface area contributed by atoms with Gasteiger partial charge in [-0.1, -0.05) is 35.5 Å². The molecule has 1 aliphatic rings. The average Bonchev–Trinajstić information content (AvgIpc) is 3.11. The number of carbonyl (C=O) groups is 1. The Balaban J connectivity index is 1.51. The van der Waals surface area contributed by atoms with Gasteiger partial charge >= 0.3 is 0 Å². The molecule has 0 radical (unpaired) electrons. The molecule has 24 heavy (non-hydrogen) atoms. The van der Waals surface area contributed by atoms with Crippen molar-refractivity contribution in [3.8, 4) is 0 Å². The molecular weight excluding hydrogens is 344 g/mol. The normalized spacial score (nSPS) is 17.0. The van der Waals surface area contributed by atoms with Crippen molar-refractivity contribution in [3.63, 3.8) is 0 Å². The standard InChI is InChI=1S/C17H19ClN4OS/c18-13-3-1-2-4-15(13)24-16-6-5-14(21-22-16)17(23)20-10-8-12-7-9-19-11-12/h1-6,12,19H,7-11H2,(H,20,23). The van der Waals surface area contributed by atoms with Gasteiger partial charge in [0.05, 0.1) is 5.02 Å². The van der Waals surface area contributed by atoms with Crippen LogP contribution in [0.25, 0.3) is 0 Å². The van der Waals surface area contributed by atoms with Gasteiger partial charge in [-0.05, 0) is 56.1 Å². The van der Waals surface area contributed by atoms with Gasteiger partial charge in [0.15, 0.2) is 5.69 Å². The number of hydrogen-bond donors (Lipinski definition) is 2. The molecule has 3 rings (SSSR count). The molecule has 1 unspecified atom stereocenters. The molecule has 1 saturated heterocycles. The zero-order valence-corrected chi connectivity index (χ0v) is 14.7. The lowest BCUT2D eigenvalue weighted by atomic mass is 10.1. The molecule has 2 aromatic rings. The highest BCUT2D eigenvalue weighted by Gasteiger charge is 2.15. The Hall–Kier alpha value is -1.63. The average molecular weight is 363 g/mol. The minimum atomic E-state index is -0.178. The summed E-state index contributed by atoms with van der Waals surface area (Å²) in [5, 5.41) is 15.7. The predicted octanol–water partition coefficient (Wildman–Crippen LogP) is 3.01. The van der Waals surface area contributed by atoms with E-state index in [0.29, 0.717) is 28.2 Å². The summed E-state index contributed by atoms with van der Waals surface area (Å²) in [6.45, 7) is 2.79. The summed E-state index contributed by atoms with van der Waals surface area (Å²) in [7, 11) is 0. The van der Waals surface area contributed by atoms with E-state index in [1.165, 1.54) is 18.2 Å². The van der Waals surface area contributed by atoms with Crippen LogP contribution in [0.15, 0.2) is 46.3 Å². The van der Waals surface area contributed by atoms with Crippen LogP contribution in [0.5, 0.6) is 0 Å². The summed E-state index contributed by atoms with van der Waals surface area (Å²) < 4.78 is 0. The maximum Gasteiger partial charge on any atom is 0.271 e. The summed E-state index contributed by atoms with van der Waals surface area (Å²) in [6, 6.07) is 11.0. The number of carbonyl (C=O) groups excluding carboxylic acids is 1. The van der Waals surface area contributed by atoms with Crippen molar-refractivity contribution in [3.05, 3.63) is 47.1 Å². The van der Waals surface area contributed by atoms with Crippen LogP contribution in [0, 0.1) is 5.92 Å². The van der Waals surface area contributed by atoms with Crippen molar-refractivity contribution < 1.29 is 4.79 Å². The van der Waals surface area contributed by atoms with Crippen molar-refractivity contribution in [1.82, 2.24) is 20.8 Å². The van der Waals surface area contributed by atoms with Crippen LogP contribution < -0.4 is 10.6 Å². The van der Waals surface area contributed by atoms with Crippen LogP contribution in [0.4, 0.5) is 0 Å². The molecule has 1 aliphatic heterocycles. The lowest BCUT2D eigenvalue weighted by molar-refractivity contribution is 0.0945. The molecule has 1 aromatic heterocycles. The van der Waals surface area contributed by atoms with E-state index in [1.807, 2.05) is 24.3 Å². The van der Waals surface area contributed by atoms with Gasteiger partial charge in [0.25, 0.3) is 5.91 Å². The molecule has 2 N–H and O–H groups in total. The number of halogens is 1. The van der Waals surface area contributed by atoms with Crippen molar-refractivity contribution in [2.45, 2.75) is 22.8 Å². The first kappa shape index (κ1) is 17.2. The number of nitrogens with one attached hydrogen (secondary N) is 2. The van der Waals surface area contributed by atoms with E-state index < -0.39 is 0 Å². The fourth-order valence-electron chi connectivity index (χ4n) is 2.58. The number of aromatic nitrogens is 2. The number of benzene rings is 1. The topological polar surface area (TPSA) is 66.9 Å². The second-order valence-electron chi connectivity index (χ2n) is 5.69. The van der Waals surface area contributed by atoms with Gasteiger partial charge in [0.1, 0.15) is 5.03 Å². The van der Waals surface area contributed by atoms with Crippen molar-refractivity contribution in [1.29, 1.82) is 0 Å². The minimum absolute atomic E-state index is 0.178. The number of hydrogen-bond acceptors (Lipinski definition) is 5. The Morgan fingerprint density at radius 1 is 1.29 bits per heavy atom. The van der Waals surface area contributed by atoms with Crippen LogP contribution >= 0.6 is 23.4 Å². The van der Waals surface area contributed by atoms with E-state index in [9.17, 15) is 4.79 Å². The molecule has 7 heteroatoms. The zero-order valence-electron chi connectivity index (χ0n) is 13.2. The fraction of sp³-hybridized carbons (Fsp3) is 0.353. The predicted molar refractivity (Wildman–Crippen MR) is 95.5 cm³/mol. The van der Waals surface area contributed by atoms with Crippen LogP contribution in [0.3, 0.4) is 0 Å². The van der Waals surface area contributed by atoms with E-state index in [1.54, 1.807) is 12.1 Å². The Labute approximate surface area is 150 Å². The Morgan fingerprint density at radius 3 is 2.88 bits per heavy atom. The molecule has 1 atom stereocenters. The maximum absolute atomic E-state index is 12.1. The fourth-order valence-corrected chi connectivity index (χ4v) is 3.58. The van der Waals surface area contributed by atoms with Gasteiger partial charge in [-0.25, -0.2) is 0 Å². The molecule has 0 aliphatic carbocycles. The van der Waals surface area contributed by atoms with Crippen LogP contribution in [-0.4, -0.2) is 35.7 Å². The Bertz CT molecular complexity index is 689. The lowest BCUT2D eigenvalue weighted by Gasteiger charge is -2.09. The highest BCUT2D eigenvalue weighted by Crippen LogP contribution is 2.31. The summed E-state index contributed by atoms with van der Waals surface area (Å²) in [4.78, 5) is 13.0. The van der Waals surface area contributed by atoms with Gasteiger partial charge in [-0.15, -0.1) is 10.2 Å². The van der Waals surface area contributed by atoms with Crippen molar-refractivity contribution >= 4 is 29.3 Å². The third-order valence-electron chi connectivity index (χ3n) is 3.92. The van der Waals surface area contributed by atoms with E-state index >= 15 is 0 Å². The molecule has 126 valence electrons. The number of amides is 1. The highest BCUT2D eigenvalue weighted by atomic mass is 35.5. The first-order valence-corrected chi connectivity index (χ1v) is 9.17. The van der Waals surface area contributed by atoms with Gasteiger partial charge in [-0.3, -0.25) is 4.79 Å². The number of nitrogens with zero attached hydrogens (tertiary/aromatic N) is 2. The van der Waals surface area contributed by atoms with Gasteiger partial charge in [0, 0.05) is 11.4 Å². The Morgan fingerprint density at radius 2 is 2.17 bits per heavy atom. The van der Waals surface area contributed by atoms with Crippen LogP contribution in [0.1, 0.15) is 23.3 Å². The second kappa shape index (κ2) is 8.46. The van der Waals surface area contributed by atoms with Crippen molar-refractivity contribution in [2.75, 3.05) is 19.6 Å². The monoisotopic (exact) mass is 362 g/mol. The molecule has 1 amide bonds. The largest absolute Gasteiger partial charge is 0.351 e. The van der Waals surface area contributed by atoms with E-state index in [-0.39, 0.29) is 5.91 Å². The van der Waals surface area contributed by atoms with E-state index in [0.717, 1.165) is 24.4 Å². The van der Waals surface area contributed by atoms with Crippen molar-refractivity contribution in [2.24, 2.45) is 5.92 Å². The van der Waals surface area contributed by atoms with E-state index in [4.69, 9.17) is 11.6 Å². The first-order chi connectivity index (χ1) is 11.7. The minimum Gasteiger partial charge on any atom is -0.351 e. The summed E-state index contributed by atoms with van der Waals surface area (Å²) in [6.07, 6.45) is 2.18. The van der Waals surface area contributed by atoms with Crippen LogP contribution in [-0.2, 0) is 0 Å². The summed E-state index contributed by atoms with van der Waals surface area (Å²) in [5.41, 5.74) is 0.336. The molecule has 0 bridgehead atoms. The highest BCUT2D eigenvalue weighted by molar-refractivity contribution is 7.99. The molecule has 0 saturated carbocycles. The molecule has 1 fully saturated rings. The quantitative estimate of drug-likeness (QED) is 0.826. The molecule has 0 spiro atoms. The summed E-state index contributed by atoms with van der Waals surface area (Å²) in [5.74, 6) is 0.480. The van der Waals surface area contributed by atoms with Gasteiger partial charge in [-0.2, -0.15) is 0 Å². The SMILES string of the molecule is O=C(NCCC1CCNC1)c1ccc(Sc2ccccc2Cl)nn1. The zero-order chi connectivity index (χ0) is 16.8. The molecule has 5 nitrogen and oxygen atoms in total. The second-order valence-corrected chi connectivity index (χ2v) is 7.16. The third kappa shape index (κ3) is 4.69.